The van der Waals surface area contributed by atoms with Gasteiger partial charge in [-0.3, -0.25) is 14.9 Å². The SMILES string of the molecule is O=C(O)c1ccc(N2CC3(CCN(Cc4cc(C(F)(F)F)ccc4-c4ccc5[nH]ncc5c4)CC3)OC2=O)cc1. The molecule has 2 fully saturated rings. The van der Waals surface area contributed by atoms with Crippen molar-refractivity contribution in [2.24, 2.45) is 0 Å². The zero-order chi connectivity index (χ0) is 28.1. The number of anilines is 1. The quantitative estimate of drug-likeness (QED) is 0.319. The van der Waals surface area contributed by atoms with E-state index in [1.54, 1.807) is 18.3 Å². The van der Waals surface area contributed by atoms with E-state index < -0.39 is 29.4 Å². The van der Waals surface area contributed by atoms with Crippen molar-refractivity contribution in [3.05, 3.63) is 83.6 Å². The molecule has 2 saturated heterocycles. The van der Waals surface area contributed by atoms with Gasteiger partial charge in [-0.1, -0.05) is 12.1 Å². The van der Waals surface area contributed by atoms with Crippen molar-refractivity contribution in [3.63, 3.8) is 0 Å². The second-order valence-electron chi connectivity index (χ2n) is 10.3. The summed E-state index contributed by atoms with van der Waals surface area (Å²) in [6, 6.07) is 15.5. The number of aromatic nitrogens is 2. The van der Waals surface area contributed by atoms with Gasteiger partial charge in [-0.25, -0.2) is 9.59 Å². The van der Waals surface area contributed by atoms with Crippen molar-refractivity contribution in [2.75, 3.05) is 24.5 Å². The molecule has 0 bridgehead atoms. The largest absolute Gasteiger partial charge is 0.478 e. The lowest BCUT2D eigenvalue weighted by Crippen LogP contribution is -2.46. The van der Waals surface area contributed by atoms with Gasteiger partial charge in [0.15, 0.2) is 0 Å². The van der Waals surface area contributed by atoms with Crippen molar-refractivity contribution in [1.82, 2.24) is 15.1 Å². The Labute approximate surface area is 227 Å². The van der Waals surface area contributed by atoms with E-state index in [2.05, 4.69) is 15.1 Å². The number of H-pyrrole nitrogens is 1. The number of rotatable bonds is 5. The molecule has 8 nitrogen and oxygen atoms in total. The van der Waals surface area contributed by atoms with E-state index >= 15 is 0 Å². The molecule has 1 aromatic heterocycles. The lowest BCUT2D eigenvalue weighted by Gasteiger charge is -2.37. The van der Waals surface area contributed by atoms with Crippen LogP contribution in [0, 0.1) is 0 Å². The smallest absolute Gasteiger partial charge is 0.416 e. The molecular formula is C29H25F3N4O4. The van der Waals surface area contributed by atoms with Crippen molar-refractivity contribution in [2.45, 2.75) is 31.2 Å². The maximum absolute atomic E-state index is 13.6. The van der Waals surface area contributed by atoms with Crippen LogP contribution in [-0.4, -0.2) is 57.5 Å². The summed E-state index contributed by atoms with van der Waals surface area (Å²) in [6.07, 6.45) is -2.22. The average Bonchev–Trinajstić information content (AvgIpc) is 3.53. The van der Waals surface area contributed by atoms with Crippen LogP contribution in [-0.2, 0) is 17.5 Å². The van der Waals surface area contributed by atoms with Crippen LogP contribution < -0.4 is 4.90 Å². The minimum absolute atomic E-state index is 0.123. The predicted molar refractivity (Wildman–Crippen MR) is 141 cm³/mol. The predicted octanol–water partition coefficient (Wildman–Crippen LogP) is 5.94. The molecular weight excluding hydrogens is 525 g/mol. The highest BCUT2D eigenvalue weighted by Gasteiger charge is 2.47. The van der Waals surface area contributed by atoms with Crippen LogP contribution in [0.4, 0.5) is 23.7 Å². The summed E-state index contributed by atoms with van der Waals surface area (Å²) in [6.45, 7) is 1.71. The maximum Gasteiger partial charge on any atom is 0.416 e. The Balaban J connectivity index is 1.20. The molecule has 0 atom stereocenters. The molecule has 40 heavy (non-hydrogen) atoms. The summed E-state index contributed by atoms with van der Waals surface area (Å²) in [5.41, 5.74) is 2.21. The number of aromatic amines is 1. The molecule has 2 N–H and O–H groups in total. The fourth-order valence-corrected chi connectivity index (χ4v) is 5.52. The highest BCUT2D eigenvalue weighted by molar-refractivity contribution is 5.92. The zero-order valence-electron chi connectivity index (χ0n) is 21.2. The number of carbonyl (C=O) groups is 2. The van der Waals surface area contributed by atoms with E-state index in [0.29, 0.717) is 50.3 Å². The molecule has 206 valence electrons. The third-order valence-corrected chi connectivity index (χ3v) is 7.74. The number of fused-ring (bicyclic) bond motifs is 1. The lowest BCUT2D eigenvalue weighted by molar-refractivity contribution is -0.137. The Kier molecular flexibility index (Phi) is 6.25. The fourth-order valence-electron chi connectivity index (χ4n) is 5.52. The van der Waals surface area contributed by atoms with Gasteiger partial charge in [0.05, 0.1) is 29.4 Å². The van der Waals surface area contributed by atoms with Crippen LogP contribution in [0.15, 0.2) is 66.9 Å². The summed E-state index contributed by atoms with van der Waals surface area (Å²) >= 11 is 0. The van der Waals surface area contributed by atoms with Gasteiger partial charge in [0.2, 0.25) is 0 Å². The molecule has 3 heterocycles. The Morgan fingerprint density at radius 3 is 2.50 bits per heavy atom. The highest BCUT2D eigenvalue weighted by atomic mass is 19.4. The Bertz CT molecular complexity index is 1590. The van der Waals surface area contributed by atoms with E-state index in [4.69, 9.17) is 9.84 Å². The molecule has 0 aliphatic carbocycles. The van der Waals surface area contributed by atoms with Gasteiger partial charge >= 0.3 is 18.2 Å². The summed E-state index contributed by atoms with van der Waals surface area (Å²) in [7, 11) is 0. The highest BCUT2D eigenvalue weighted by Crippen LogP contribution is 2.38. The van der Waals surface area contributed by atoms with Gasteiger partial charge in [0.1, 0.15) is 5.60 Å². The molecule has 2 aliphatic rings. The molecule has 0 saturated carbocycles. The average molecular weight is 551 g/mol. The molecule has 3 aromatic carbocycles. The number of carboxylic acid groups (broad SMARTS) is 1. The fraction of sp³-hybridized carbons (Fsp3) is 0.276. The Hall–Kier alpha value is -4.38. The van der Waals surface area contributed by atoms with Crippen LogP contribution in [0.1, 0.15) is 34.3 Å². The first-order chi connectivity index (χ1) is 19.1. The standard InChI is InChI=1S/C29H25F3N4O4/c30-29(31,32)22-4-7-24(19-3-8-25-20(13-19)15-33-34-25)21(14-22)16-35-11-9-28(10-12-35)17-36(27(39)40-28)23-5-1-18(2-6-23)26(37)38/h1-8,13-15H,9-12,16-17H2,(H,33,34)(H,37,38). The first-order valence-corrected chi connectivity index (χ1v) is 12.8. The number of alkyl halides is 3. The Morgan fingerprint density at radius 2 is 1.80 bits per heavy atom. The molecule has 1 amide bonds. The van der Waals surface area contributed by atoms with Crippen LogP contribution in [0.25, 0.3) is 22.0 Å². The van der Waals surface area contributed by atoms with Crippen molar-refractivity contribution < 1.29 is 32.6 Å². The number of carbonyl (C=O) groups excluding carboxylic acids is 1. The van der Waals surface area contributed by atoms with Crippen molar-refractivity contribution in [1.29, 1.82) is 0 Å². The number of aromatic carboxylic acids is 1. The van der Waals surface area contributed by atoms with Gasteiger partial charge in [0.25, 0.3) is 0 Å². The van der Waals surface area contributed by atoms with Crippen molar-refractivity contribution >= 4 is 28.7 Å². The summed E-state index contributed by atoms with van der Waals surface area (Å²) in [5.74, 6) is -1.05. The number of nitrogens with one attached hydrogen (secondary N) is 1. The van der Waals surface area contributed by atoms with Gasteiger partial charge in [0, 0.05) is 43.5 Å². The number of carboxylic acids is 1. The van der Waals surface area contributed by atoms with E-state index in [1.165, 1.54) is 29.2 Å². The summed E-state index contributed by atoms with van der Waals surface area (Å²) in [5, 5.41) is 16.9. The monoisotopic (exact) mass is 550 g/mol. The maximum atomic E-state index is 13.6. The van der Waals surface area contributed by atoms with E-state index in [9.17, 15) is 22.8 Å². The van der Waals surface area contributed by atoms with E-state index in [0.717, 1.165) is 28.1 Å². The summed E-state index contributed by atoms with van der Waals surface area (Å²) < 4.78 is 46.7. The summed E-state index contributed by atoms with van der Waals surface area (Å²) in [4.78, 5) is 27.4. The Morgan fingerprint density at radius 1 is 1.05 bits per heavy atom. The van der Waals surface area contributed by atoms with Crippen LogP contribution in [0.5, 0.6) is 0 Å². The van der Waals surface area contributed by atoms with Crippen LogP contribution in [0.3, 0.4) is 0 Å². The number of hydrogen-bond acceptors (Lipinski definition) is 5. The zero-order valence-corrected chi connectivity index (χ0v) is 21.2. The van der Waals surface area contributed by atoms with Gasteiger partial charge in [-0.15, -0.1) is 0 Å². The molecule has 0 radical (unpaired) electrons. The number of nitrogens with zero attached hydrogens (tertiary/aromatic N) is 3. The minimum Gasteiger partial charge on any atom is -0.478 e. The van der Waals surface area contributed by atoms with E-state index in [1.807, 2.05) is 18.2 Å². The van der Waals surface area contributed by atoms with Gasteiger partial charge in [-0.05, 0) is 65.2 Å². The van der Waals surface area contributed by atoms with Gasteiger partial charge < -0.3 is 9.84 Å². The second-order valence-corrected chi connectivity index (χ2v) is 10.3. The number of piperidine rings is 1. The van der Waals surface area contributed by atoms with Gasteiger partial charge in [-0.2, -0.15) is 18.3 Å². The second kappa shape index (κ2) is 9.67. The number of likely N-dealkylation sites (tertiary alicyclic amines) is 1. The topological polar surface area (TPSA) is 98.8 Å². The first-order valence-electron chi connectivity index (χ1n) is 12.8. The molecule has 4 aromatic rings. The van der Waals surface area contributed by atoms with E-state index in [-0.39, 0.29) is 5.56 Å². The number of hydrogen-bond donors (Lipinski definition) is 2. The lowest BCUT2D eigenvalue weighted by atomic mass is 9.90. The number of ether oxygens (including phenoxy) is 1. The molecule has 0 unspecified atom stereocenters. The third-order valence-electron chi connectivity index (χ3n) is 7.74. The number of benzene rings is 3. The minimum atomic E-state index is -4.46. The normalized spacial score (nSPS) is 17.5. The third kappa shape index (κ3) is 4.88. The molecule has 1 spiro atoms. The molecule has 11 heteroatoms. The van der Waals surface area contributed by atoms with Crippen LogP contribution >= 0.6 is 0 Å². The van der Waals surface area contributed by atoms with Crippen molar-refractivity contribution in [3.8, 4) is 11.1 Å². The number of amides is 1. The van der Waals surface area contributed by atoms with Crippen LogP contribution in [0.2, 0.25) is 0 Å². The molecule has 6 rings (SSSR count). The first kappa shape index (κ1) is 25.9. The number of halogens is 3. The molecule has 2 aliphatic heterocycles.